The van der Waals surface area contributed by atoms with Crippen LogP contribution in [-0.4, -0.2) is 58.7 Å². The van der Waals surface area contributed by atoms with Crippen molar-refractivity contribution in [2.45, 2.75) is 71.1 Å². The number of hydrogen-bond donors (Lipinski definition) is 6. The number of nitrogens with one attached hydrogen (secondary N) is 3. The van der Waals surface area contributed by atoms with E-state index in [0.717, 1.165) is 5.56 Å². The summed E-state index contributed by atoms with van der Waals surface area (Å²) in [5.41, 5.74) is 6.69. The molecule has 0 aliphatic heterocycles. The van der Waals surface area contributed by atoms with Gasteiger partial charge < -0.3 is 26.8 Å². The minimum absolute atomic E-state index is 0.00323. The molecule has 0 heterocycles. The Bertz CT molecular complexity index is 819. The Kier molecular flexibility index (Phi) is 12.7. The van der Waals surface area contributed by atoms with Crippen LogP contribution in [0.2, 0.25) is 0 Å². The summed E-state index contributed by atoms with van der Waals surface area (Å²) in [5, 5.41) is 17.3. The van der Waals surface area contributed by atoms with Crippen LogP contribution in [0.15, 0.2) is 30.3 Å². The average molecular weight is 495 g/mol. The first kappa shape index (κ1) is 29.4. The number of carbonyl (C=O) groups is 4. The van der Waals surface area contributed by atoms with E-state index in [2.05, 4.69) is 28.6 Å². The molecule has 0 bridgehead atoms. The standard InChI is InChI=1S/C24H38N4O5S/c1-14(2)10-17(25)21(29)28-20(13-34)23(31)26-18(12-16-8-6-5-7-9-16)22(30)27-19(24(32)33)11-15(3)4/h5-9,14-15,17-20,34H,10-13,25H2,1-4H3,(H,26,31)(H,27,30)(H,28,29)(H,32,33). The first-order chi connectivity index (χ1) is 15.9. The van der Waals surface area contributed by atoms with Gasteiger partial charge in [0.15, 0.2) is 0 Å². The second kappa shape index (κ2) is 14.6. The predicted octanol–water partition coefficient (Wildman–Crippen LogP) is 1.12. The Morgan fingerprint density at radius 1 is 0.824 bits per heavy atom. The number of hydrogen-bond acceptors (Lipinski definition) is 6. The highest BCUT2D eigenvalue weighted by atomic mass is 32.1. The van der Waals surface area contributed by atoms with Gasteiger partial charge in [0, 0.05) is 12.2 Å². The summed E-state index contributed by atoms with van der Waals surface area (Å²) in [6.45, 7) is 7.59. The van der Waals surface area contributed by atoms with Gasteiger partial charge >= 0.3 is 5.97 Å². The molecule has 0 saturated carbocycles. The van der Waals surface area contributed by atoms with Crippen molar-refractivity contribution in [3.63, 3.8) is 0 Å². The fourth-order valence-corrected chi connectivity index (χ4v) is 3.64. The zero-order valence-corrected chi connectivity index (χ0v) is 21.2. The lowest BCUT2D eigenvalue weighted by atomic mass is 10.0. The normalized spacial score (nSPS) is 14.7. The maximum absolute atomic E-state index is 13.0. The fraction of sp³-hybridized carbons (Fsp3) is 0.583. The van der Waals surface area contributed by atoms with Crippen molar-refractivity contribution in [3.05, 3.63) is 35.9 Å². The molecule has 6 N–H and O–H groups in total. The minimum Gasteiger partial charge on any atom is -0.480 e. The summed E-state index contributed by atoms with van der Waals surface area (Å²) in [5.74, 6) is -2.60. The molecule has 0 saturated heterocycles. The molecule has 10 heteroatoms. The van der Waals surface area contributed by atoms with Crippen molar-refractivity contribution in [2.75, 3.05) is 5.75 Å². The van der Waals surface area contributed by atoms with Gasteiger partial charge in [-0.15, -0.1) is 0 Å². The van der Waals surface area contributed by atoms with E-state index in [4.69, 9.17) is 5.73 Å². The molecular weight excluding hydrogens is 456 g/mol. The van der Waals surface area contributed by atoms with Gasteiger partial charge in [-0.3, -0.25) is 14.4 Å². The van der Waals surface area contributed by atoms with Gasteiger partial charge in [0.1, 0.15) is 18.1 Å². The van der Waals surface area contributed by atoms with Crippen molar-refractivity contribution in [3.8, 4) is 0 Å². The second-order valence-corrected chi connectivity index (χ2v) is 9.62. The molecule has 3 amide bonds. The molecule has 0 aromatic heterocycles. The van der Waals surface area contributed by atoms with E-state index >= 15 is 0 Å². The first-order valence-corrected chi connectivity index (χ1v) is 12.1. The molecule has 0 radical (unpaired) electrons. The molecule has 0 fully saturated rings. The molecule has 9 nitrogen and oxygen atoms in total. The molecule has 1 rings (SSSR count). The third kappa shape index (κ3) is 10.6. The number of rotatable bonds is 14. The molecular formula is C24H38N4O5S. The zero-order chi connectivity index (χ0) is 25.8. The van der Waals surface area contributed by atoms with Gasteiger partial charge in [-0.05, 0) is 30.2 Å². The van der Waals surface area contributed by atoms with E-state index in [9.17, 15) is 24.3 Å². The van der Waals surface area contributed by atoms with E-state index in [0.29, 0.717) is 6.42 Å². The molecule has 4 atom stereocenters. The van der Waals surface area contributed by atoms with Gasteiger partial charge in [0.2, 0.25) is 17.7 Å². The van der Waals surface area contributed by atoms with E-state index in [-0.39, 0.29) is 30.4 Å². The van der Waals surface area contributed by atoms with Crippen molar-refractivity contribution in [1.82, 2.24) is 16.0 Å². The molecule has 34 heavy (non-hydrogen) atoms. The second-order valence-electron chi connectivity index (χ2n) is 9.26. The highest BCUT2D eigenvalue weighted by molar-refractivity contribution is 7.80. The van der Waals surface area contributed by atoms with Crippen molar-refractivity contribution >= 4 is 36.3 Å². The van der Waals surface area contributed by atoms with Crippen LogP contribution in [-0.2, 0) is 25.6 Å². The topological polar surface area (TPSA) is 151 Å². The number of thiol groups is 1. The largest absolute Gasteiger partial charge is 0.480 e. The fourth-order valence-electron chi connectivity index (χ4n) is 3.38. The van der Waals surface area contributed by atoms with E-state index in [1.807, 2.05) is 33.8 Å². The summed E-state index contributed by atoms with van der Waals surface area (Å²) >= 11 is 4.17. The van der Waals surface area contributed by atoms with Crippen molar-refractivity contribution < 1.29 is 24.3 Å². The lowest BCUT2D eigenvalue weighted by Crippen LogP contribution is -2.58. The van der Waals surface area contributed by atoms with Crippen LogP contribution in [0.3, 0.4) is 0 Å². The Morgan fingerprint density at radius 3 is 1.82 bits per heavy atom. The Morgan fingerprint density at radius 2 is 1.32 bits per heavy atom. The van der Waals surface area contributed by atoms with Crippen LogP contribution >= 0.6 is 12.6 Å². The van der Waals surface area contributed by atoms with Gasteiger partial charge in [-0.2, -0.15) is 12.6 Å². The van der Waals surface area contributed by atoms with Gasteiger partial charge in [-0.25, -0.2) is 4.79 Å². The molecule has 0 spiro atoms. The number of benzene rings is 1. The lowest BCUT2D eigenvalue weighted by molar-refractivity contribution is -0.142. The number of aliphatic carboxylic acids is 1. The van der Waals surface area contributed by atoms with Crippen molar-refractivity contribution in [1.29, 1.82) is 0 Å². The molecule has 0 aliphatic carbocycles. The Balaban J connectivity index is 3.00. The summed E-state index contributed by atoms with van der Waals surface area (Å²) in [6.07, 6.45) is 0.848. The van der Waals surface area contributed by atoms with Crippen LogP contribution in [0.25, 0.3) is 0 Å². The van der Waals surface area contributed by atoms with Gasteiger partial charge in [0.05, 0.1) is 6.04 Å². The number of carboxylic acids is 1. The molecule has 0 aliphatic rings. The summed E-state index contributed by atoms with van der Waals surface area (Å²) in [6, 6.07) is 5.13. The third-order valence-electron chi connectivity index (χ3n) is 5.11. The highest BCUT2D eigenvalue weighted by Gasteiger charge is 2.30. The van der Waals surface area contributed by atoms with E-state index < -0.39 is 47.9 Å². The third-order valence-corrected chi connectivity index (χ3v) is 5.48. The van der Waals surface area contributed by atoms with E-state index in [1.54, 1.807) is 24.3 Å². The maximum Gasteiger partial charge on any atom is 0.326 e. The van der Waals surface area contributed by atoms with E-state index in [1.165, 1.54) is 0 Å². The van der Waals surface area contributed by atoms with Crippen molar-refractivity contribution in [2.24, 2.45) is 17.6 Å². The highest BCUT2D eigenvalue weighted by Crippen LogP contribution is 2.09. The van der Waals surface area contributed by atoms with Gasteiger partial charge in [0.25, 0.3) is 0 Å². The first-order valence-electron chi connectivity index (χ1n) is 11.5. The SMILES string of the molecule is CC(C)CC(N)C(=O)NC(CS)C(=O)NC(Cc1ccccc1)C(=O)NC(CC(C)C)C(=O)O. The summed E-state index contributed by atoms with van der Waals surface area (Å²) in [4.78, 5) is 50.0. The molecule has 190 valence electrons. The lowest BCUT2D eigenvalue weighted by Gasteiger charge is -2.25. The summed E-state index contributed by atoms with van der Waals surface area (Å²) in [7, 11) is 0. The van der Waals surface area contributed by atoms with Crippen LogP contribution in [0.1, 0.15) is 46.1 Å². The summed E-state index contributed by atoms with van der Waals surface area (Å²) < 4.78 is 0. The zero-order valence-electron chi connectivity index (χ0n) is 20.3. The predicted molar refractivity (Wildman–Crippen MR) is 134 cm³/mol. The van der Waals surface area contributed by atoms with Crippen LogP contribution in [0.4, 0.5) is 0 Å². The monoisotopic (exact) mass is 494 g/mol. The Hall–Kier alpha value is -2.59. The quantitative estimate of drug-likeness (QED) is 0.213. The average Bonchev–Trinajstić information content (AvgIpc) is 2.75. The number of carboxylic acid groups (broad SMARTS) is 1. The van der Waals surface area contributed by atoms with Crippen LogP contribution < -0.4 is 21.7 Å². The maximum atomic E-state index is 13.0. The Labute approximate surface area is 207 Å². The minimum atomic E-state index is -1.15. The van der Waals surface area contributed by atoms with Crippen LogP contribution in [0, 0.1) is 11.8 Å². The molecule has 1 aromatic rings. The molecule has 4 unspecified atom stereocenters. The number of carbonyl (C=O) groups excluding carboxylic acids is 3. The smallest absolute Gasteiger partial charge is 0.326 e. The molecule has 1 aromatic carbocycles. The van der Waals surface area contributed by atoms with Crippen LogP contribution in [0.5, 0.6) is 0 Å². The number of amides is 3. The number of nitrogens with two attached hydrogens (primary N) is 1. The van der Waals surface area contributed by atoms with Gasteiger partial charge in [-0.1, -0.05) is 58.0 Å².